The smallest absolute Gasteiger partial charge is 0.224 e. The van der Waals surface area contributed by atoms with Crippen LogP contribution in [0, 0.1) is 29.6 Å². The summed E-state index contributed by atoms with van der Waals surface area (Å²) in [5, 5.41) is 3.32. The quantitative estimate of drug-likeness (QED) is 0.837. The van der Waals surface area contributed by atoms with Crippen LogP contribution in [0.4, 0.5) is 0 Å². The molecule has 4 saturated carbocycles. The van der Waals surface area contributed by atoms with Gasteiger partial charge in [-0.15, -0.1) is 12.4 Å². The third kappa shape index (κ3) is 2.78. The van der Waals surface area contributed by atoms with Gasteiger partial charge in [-0.3, -0.25) is 4.79 Å². The van der Waals surface area contributed by atoms with E-state index in [1.54, 1.807) is 0 Å². The van der Waals surface area contributed by atoms with Crippen molar-refractivity contribution in [1.29, 1.82) is 0 Å². The Labute approximate surface area is 122 Å². The molecule has 2 atom stereocenters. The van der Waals surface area contributed by atoms with E-state index >= 15 is 0 Å². The number of carbonyl (C=O) groups excluding carboxylic acids is 1. The van der Waals surface area contributed by atoms with Gasteiger partial charge in [0.05, 0.1) is 0 Å². The van der Waals surface area contributed by atoms with E-state index in [1.807, 2.05) is 13.8 Å². The second-order valence-corrected chi connectivity index (χ2v) is 7.11. The SMILES string of the molecule is CC(N)C(C)C(=O)NC1C2CC3CC(C2)CC1C3.Cl. The van der Waals surface area contributed by atoms with Gasteiger partial charge < -0.3 is 11.1 Å². The fraction of sp³-hybridized carbons (Fsp3) is 0.933. The Balaban J connectivity index is 0.00000133. The zero-order valence-corrected chi connectivity index (χ0v) is 12.8. The largest absolute Gasteiger partial charge is 0.353 e. The predicted octanol–water partition coefficient (Wildman–Crippen LogP) is 2.33. The van der Waals surface area contributed by atoms with E-state index in [4.69, 9.17) is 5.73 Å². The first-order valence-corrected chi connectivity index (χ1v) is 7.60. The van der Waals surface area contributed by atoms with Gasteiger partial charge in [-0.05, 0) is 62.7 Å². The molecule has 2 unspecified atom stereocenters. The Morgan fingerprint density at radius 2 is 1.53 bits per heavy atom. The fourth-order valence-corrected chi connectivity index (χ4v) is 4.70. The lowest BCUT2D eigenvalue weighted by Crippen LogP contribution is -2.57. The van der Waals surface area contributed by atoms with Crippen molar-refractivity contribution >= 4 is 18.3 Å². The highest BCUT2D eigenvalue weighted by Crippen LogP contribution is 2.53. The van der Waals surface area contributed by atoms with Gasteiger partial charge >= 0.3 is 0 Å². The molecular formula is C15H27ClN2O. The van der Waals surface area contributed by atoms with Crippen LogP contribution >= 0.6 is 12.4 Å². The van der Waals surface area contributed by atoms with E-state index in [2.05, 4.69) is 5.32 Å². The van der Waals surface area contributed by atoms with Crippen molar-refractivity contribution in [3.05, 3.63) is 0 Å². The molecular weight excluding hydrogens is 260 g/mol. The van der Waals surface area contributed by atoms with E-state index in [-0.39, 0.29) is 30.3 Å². The molecule has 0 aliphatic heterocycles. The minimum Gasteiger partial charge on any atom is -0.353 e. The molecule has 110 valence electrons. The number of hydrogen-bond donors (Lipinski definition) is 2. The van der Waals surface area contributed by atoms with Crippen LogP contribution in [0.25, 0.3) is 0 Å². The summed E-state index contributed by atoms with van der Waals surface area (Å²) < 4.78 is 0. The number of halogens is 1. The first-order valence-electron chi connectivity index (χ1n) is 7.60. The number of nitrogens with two attached hydrogens (primary N) is 1. The van der Waals surface area contributed by atoms with Crippen molar-refractivity contribution in [3.8, 4) is 0 Å². The topological polar surface area (TPSA) is 55.1 Å². The van der Waals surface area contributed by atoms with Gasteiger partial charge in [-0.1, -0.05) is 6.92 Å². The monoisotopic (exact) mass is 286 g/mol. The summed E-state index contributed by atoms with van der Waals surface area (Å²) in [6.07, 6.45) is 6.87. The van der Waals surface area contributed by atoms with Gasteiger partial charge in [0.15, 0.2) is 0 Å². The lowest BCUT2D eigenvalue weighted by Gasteiger charge is -2.54. The third-order valence-corrected chi connectivity index (χ3v) is 5.74. The van der Waals surface area contributed by atoms with Crippen LogP contribution in [0.3, 0.4) is 0 Å². The molecule has 0 aromatic carbocycles. The van der Waals surface area contributed by atoms with E-state index in [9.17, 15) is 4.79 Å². The molecule has 4 rings (SSSR count). The summed E-state index contributed by atoms with van der Waals surface area (Å²) in [7, 11) is 0. The summed E-state index contributed by atoms with van der Waals surface area (Å²) in [6, 6.07) is 0.397. The summed E-state index contributed by atoms with van der Waals surface area (Å²) in [6.45, 7) is 3.86. The third-order valence-electron chi connectivity index (χ3n) is 5.74. The van der Waals surface area contributed by atoms with E-state index < -0.39 is 0 Å². The van der Waals surface area contributed by atoms with Gasteiger partial charge in [0.2, 0.25) is 5.91 Å². The normalized spacial score (nSPS) is 42.4. The molecule has 0 saturated heterocycles. The van der Waals surface area contributed by atoms with Crippen molar-refractivity contribution in [2.45, 2.75) is 58.0 Å². The fourth-order valence-electron chi connectivity index (χ4n) is 4.70. The second kappa shape index (κ2) is 5.61. The molecule has 3 nitrogen and oxygen atoms in total. The number of hydrogen-bond acceptors (Lipinski definition) is 2. The van der Waals surface area contributed by atoms with Gasteiger partial charge in [-0.2, -0.15) is 0 Å². The summed E-state index contributed by atoms with van der Waals surface area (Å²) in [5.41, 5.74) is 5.83. The van der Waals surface area contributed by atoms with Gasteiger partial charge in [0.25, 0.3) is 0 Å². The average molecular weight is 287 g/mol. The van der Waals surface area contributed by atoms with Gasteiger partial charge in [0, 0.05) is 18.0 Å². The molecule has 0 heterocycles. The summed E-state index contributed by atoms with van der Waals surface area (Å²) in [5.74, 6) is 3.54. The number of carbonyl (C=O) groups is 1. The molecule has 0 aromatic heterocycles. The first kappa shape index (κ1) is 15.1. The second-order valence-electron chi connectivity index (χ2n) is 7.11. The van der Waals surface area contributed by atoms with Crippen LogP contribution < -0.4 is 11.1 Å². The van der Waals surface area contributed by atoms with Crippen LogP contribution in [-0.2, 0) is 4.79 Å². The lowest BCUT2D eigenvalue weighted by molar-refractivity contribution is -0.128. The van der Waals surface area contributed by atoms with E-state index in [0.29, 0.717) is 6.04 Å². The molecule has 0 radical (unpaired) electrons. The molecule has 0 aromatic rings. The van der Waals surface area contributed by atoms with E-state index in [0.717, 1.165) is 23.7 Å². The summed E-state index contributed by atoms with van der Waals surface area (Å²) >= 11 is 0. The molecule has 4 heteroatoms. The minimum absolute atomic E-state index is 0. The predicted molar refractivity (Wildman–Crippen MR) is 79.0 cm³/mol. The molecule has 0 spiro atoms. The highest BCUT2D eigenvalue weighted by molar-refractivity contribution is 5.85. The first-order chi connectivity index (χ1) is 8.54. The molecule has 4 bridgehead atoms. The van der Waals surface area contributed by atoms with Crippen LogP contribution in [0.15, 0.2) is 0 Å². The zero-order chi connectivity index (χ0) is 12.9. The van der Waals surface area contributed by atoms with Crippen molar-refractivity contribution in [2.24, 2.45) is 35.3 Å². The van der Waals surface area contributed by atoms with Gasteiger partial charge in [0.1, 0.15) is 0 Å². The van der Waals surface area contributed by atoms with Crippen molar-refractivity contribution in [3.63, 3.8) is 0 Å². The number of rotatable bonds is 3. The Bertz CT molecular complexity index is 317. The molecule has 4 aliphatic carbocycles. The summed E-state index contributed by atoms with van der Waals surface area (Å²) in [4.78, 5) is 12.2. The zero-order valence-electron chi connectivity index (χ0n) is 12.0. The maximum atomic E-state index is 12.2. The van der Waals surface area contributed by atoms with Crippen molar-refractivity contribution in [1.82, 2.24) is 5.32 Å². The Hall–Kier alpha value is -0.280. The number of amides is 1. The number of nitrogens with one attached hydrogen (secondary N) is 1. The highest BCUT2D eigenvalue weighted by atomic mass is 35.5. The Morgan fingerprint density at radius 3 is 1.95 bits per heavy atom. The van der Waals surface area contributed by atoms with Crippen LogP contribution in [-0.4, -0.2) is 18.0 Å². The van der Waals surface area contributed by atoms with Crippen molar-refractivity contribution in [2.75, 3.05) is 0 Å². The average Bonchev–Trinajstić information content (AvgIpc) is 2.31. The Kier molecular flexibility index (Phi) is 4.46. The minimum atomic E-state index is -0.0674. The maximum absolute atomic E-state index is 12.2. The van der Waals surface area contributed by atoms with Gasteiger partial charge in [-0.25, -0.2) is 0 Å². The molecule has 19 heavy (non-hydrogen) atoms. The maximum Gasteiger partial charge on any atom is 0.224 e. The molecule has 3 N–H and O–H groups in total. The molecule has 4 fully saturated rings. The van der Waals surface area contributed by atoms with E-state index in [1.165, 1.54) is 32.1 Å². The lowest BCUT2D eigenvalue weighted by atomic mass is 9.54. The molecule has 1 amide bonds. The van der Waals surface area contributed by atoms with Crippen LogP contribution in [0.2, 0.25) is 0 Å². The van der Waals surface area contributed by atoms with Crippen LogP contribution in [0.5, 0.6) is 0 Å². The standard InChI is InChI=1S/C15H26N2O.ClH/c1-8(9(2)16)15(18)17-14-12-4-10-3-11(6-12)7-13(14)5-10;/h8-14H,3-7,16H2,1-2H3,(H,17,18);1H. The highest BCUT2D eigenvalue weighted by Gasteiger charge is 2.48. The van der Waals surface area contributed by atoms with Crippen LogP contribution in [0.1, 0.15) is 46.0 Å². The van der Waals surface area contributed by atoms with Crippen molar-refractivity contribution < 1.29 is 4.79 Å². The Morgan fingerprint density at radius 1 is 1.05 bits per heavy atom. The molecule has 4 aliphatic rings.